The zero-order chi connectivity index (χ0) is 9.84. The summed E-state index contributed by atoms with van der Waals surface area (Å²) in [5.41, 5.74) is 0.615. The Hall–Kier alpha value is -1.84. The quantitative estimate of drug-likeness (QED) is 0.525. The Labute approximate surface area is 75.6 Å². The number of benzene rings is 1. The third-order valence-electron chi connectivity index (χ3n) is 1.58. The summed E-state index contributed by atoms with van der Waals surface area (Å²) in [6.45, 7) is 3.43. The summed E-state index contributed by atoms with van der Waals surface area (Å²) in [5, 5.41) is 10.5. The van der Waals surface area contributed by atoms with Crippen LogP contribution in [0.1, 0.15) is 5.56 Å². The Morgan fingerprint density at radius 1 is 1.62 bits per heavy atom. The smallest absolute Gasteiger partial charge is 0.310 e. The lowest BCUT2D eigenvalue weighted by molar-refractivity contribution is -0.385. The van der Waals surface area contributed by atoms with Crippen LogP contribution in [-0.4, -0.2) is 12.0 Å². The average molecular weight is 178 g/mol. The van der Waals surface area contributed by atoms with Crippen molar-refractivity contribution < 1.29 is 9.66 Å². The van der Waals surface area contributed by atoms with E-state index >= 15 is 0 Å². The van der Waals surface area contributed by atoms with E-state index in [9.17, 15) is 10.1 Å². The molecule has 0 fully saturated rings. The molecule has 1 radical (unpaired) electrons. The maximum atomic E-state index is 10.5. The van der Waals surface area contributed by atoms with E-state index in [1.54, 1.807) is 6.07 Å². The van der Waals surface area contributed by atoms with Gasteiger partial charge in [-0.1, -0.05) is 6.58 Å². The van der Waals surface area contributed by atoms with Gasteiger partial charge < -0.3 is 4.74 Å². The van der Waals surface area contributed by atoms with E-state index in [0.29, 0.717) is 5.56 Å². The van der Waals surface area contributed by atoms with Crippen LogP contribution < -0.4 is 4.74 Å². The van der Waals surface area contributed by atoms with Crippen LogP contribution in [-0.2, 0) is 0 Å². The van der Waals surface area contributed by atoms with Gasteiger partial charge in [0, 0.05) is 6.07 Å². The molecule has 0 N–H and O–H groups in total. The molecule has 4 nitrogen and oxygen atoms in total. The minimum atomic E-state index is -0.494. The molecule has 0 saturated heterocycles. The number of nitro groups is 1. The van der Waals surface area contributed by atoms with Crippen molar-refractivity contribution in [3.05, 3.63) is 46.5 Å². The molecule has 0 heterocycles. The topological polar surface area (TPSA) is 52.4 Å². The second-order valence-corrected chi connectivity index (χ2v) is 2.32. The molecule has 0 aromatic heterocycles. The minimum Gasteiger partial charge on any atom is -0.490 e. The highest BCUT2D eigenvalue weighted by molar-refractivity contribution is 5.49. The third-order valence-corrected chi connectivity index (χ3v) is 1.58. The van der Waals surface area contributed by atoms with Crippen LogP contribution in [0.5, 0.6) is 5.75 Å². The number of rotatable bonds is 3. The number of nitro benzene ring substituents is 1. The third kappa shape index (κ3) is 1.84. The van der Waals surface area contributed by atoms with Gasteiger partial charge in [0.1, 0.15) is 0 Å². The molecule has 4 heteroatoms. The largest absolute Gasteiger partial charge is 0.490 e. The number of hydrogen-bond donors (Lipinski definition) is 0. The second kappa shape index (κ2) is 3.71. The fraction of sp³-hybridized carbons (Fsp3) is 0.111. The summed E-state index contributed by atoms with van der Waals surface area (Å²) < 4.78 is 4.84. The van der Waals surface area contributed by atoms with Gasteiger partial charge in [0.15, 0.2) is 5.75 Å². The predicted molar refractivity (Wildman–Crippen MR) is 47.6 cm³/mol. The van der Waals surface area contributed by atoms with Crippen LogP contribution in [0.4, 0.5) is 5.69 Å². The van der Waals surface area contributed by atoms with Crippen molar-refractivity contribution >= 4 is 5.69 Å². The summed E-state index contributed by atoms with van der Waals surface area (Å²) in [5.74, 6) is 0.221. The molecule has 0 aliphatic carbocycles. The number of hydrogen-bond acceptors (Lipinski definition) is 3. The fourth-order valence-electron chi connectivity index (χ4n) is 0.938. The summed E-state index contributed by atoms with van der Waals surface area (Å²) in [6, 6.07) is 4.45. The molecule has 1 aromatic carbocycles. The molecule has 0 saturated carbocycles. The van der Waals surface area contributed by atoms with Gasteiger partial charge in [0.05, 0.1) is 12.0 Å². The van der Waals surface area contributed by atoms with E-state index in [2.05, 4.69) is 12.7 Å². The van der Waals surface area contributed by atoms with Crippen molar-refractivity contribution in [3.8, 4) is 5.75 Å². The molecule has 0 amide bonds. The van der Waals surface area contributed by atoms with Crippen LogP contribution in [0.15, 0.2) is 24.8 Å². The number of nitrogens with zero attached hydrogens (tertiary/aromatic N) is 1. The lowest BCUT2D eigenvalue weighted by Gasteiger charge is -2.01. The zero-order valence-corrected chi connectivity index (χ0v) is 7.11. The SMILES string of the molecule is C=[C]c1ccc([N+](=O)[O-])c(OC)c1. The van der Waals surface area contributed by atoms with E-state index in [1.807, 2.05) is 0 Å². The van der Waals surface area contributed by atoms with Gasteiger partial charge in [0.25, 0.3) is 0 Å². The molecule has 13 heavy (non-hydrogen) atoms. The van der Waals surface area contributed by atoms with Crippen LogP contribution >= 0.6 is 0 Å². The molecular formula is C9H8NO3. The Kier molecular flexibility index (Phi) is 2.64. The van der Waals surface area contributed by atoms with Gasteiger partial charge in [-0.2, -0.15) is 0 Å². The lowest BCUT2D eigenvalue weighted by atomic mass is 10.2. The van der Waals surface area contributed by atoms with Crippen molar-refractivity contribution in [2.75, 3.05) is 7.11 Å². The molecule has 67 valence electrons. The molecule has 0 aliphatic heterocycles. The highest BCUT2D eigenvalue weighted by Crippen LogP contribution is 2.27. The highest BCUT2D eigenvalue weighted by Gasteiger charge is 2.13. The predicted octanol–water partition coefficient (Wildman–Crippen LogP) is 1.94. The first-order chi connectivity index (χ1) is 6.19. The summed E-state index contributed by atoms with van der Waals surface area (Å²) in [6.07, 6.45) is 2.62. The average Bonchev–Trinajstić information content (AvgIpc) is 2.16. The minimum absolute atomic E-state index is 0.0542. The van der Waals surface area contributed by atoms with Crippen LogP contribution in [0, 0.1) is 16.2 Å². The molecule has 0 aliphatic rings. The first kappa shape index (κ1) is 9.25. The van der Waals surface area contributed by atoms with Crippen LogP contribution in [0.3, 0.4) is 0 Å². The molecule has 0 bridgehead atoms. The Balaban J connectivity index is 3.23. The Morgan fingerprint density at radius 3 is 2.77 bits per heavy atom. The molecule has 0 spiro atoms. The van der Waals surface area contributed by atoms with Crippen molar-refractivity contribution in [1.29, 1.82) is 0 Å². The molecule has 0 atom stereocenters. The normalized spacial score (nSPS) is 9.31. The lowest BCUT2D eigenvalue weighted by Crippen LogP contribution is -1.93. The highest BCUT2D eigenvalue weighted by atomic mass is 16.6. The van der Waals surface area contributed by atoms with Crippen molar-refractivity contribution in [3.63, 3.8) is 0 Å². The molecule has 0 unspecified atom stereocenters. The van der Waals surface area contributed by atoms with Gasteiger partial charge >= 0.3 is 5.69 Å². The monoisotopic (exact) mass is 178 g/mol. The Morgan fingerprint density at radius 2 is 2.31 bits per heavy atom. The fourth-order valence-corrected chi connectivity index (χ4v) is 0.938. The van der Waals surface area contributed by atoms with Crippen molar-refractivity contribution in [1.82, 2.24) is 0 Å². The second-order valence-electron chi connectivity index (χ2n) is 2.32. The first-order valence-electron chi connectivity index (χ1n) is 3.54. The van der Waals surface area contributed by atoms with Crippen molar-refractivity contribution in [2.45, 2.75) is 0 Å². The zero-order valence-electron chi connectivity index (χ0n) is 7.11. The van der Waals surface area contributed by atoms with E-state index in [0.717, 1.165) is 0 Å². The summed E-state index contributed by atoms with van der Waals surface area (Å²) >= 11 is 0. The van der Waals surface area contributed by atoms with Crippen molar-refractivity contribution in [2.24, 2.45) is 0 Å². The van der Waals surface area contributed by atoms with Crippen LogP contribution in [0.25, 0.3) is 0 Å². The van der Waals surface area contributed by atoms with Crippen LogP contribution in [0.2, 0.25) is 0 Å². The Bertz CT molecular complexity index is 347. The van der Waals surface area contributed by atoms with Gasteiger partial charge in [-0.15, -0.1) is 0 Å². The summed E-state index contributed by atoms with van der Waals surface area (Å²) in [7, 11) is 1.38. The van der Waals surface area contributed by atoms with E-state index < -0.39 is 4.92 Å². The van der Waals surface area contributed by atoms with Gasteiger partial charge in [-0.25, -0.2) is 0 Å². The number of ether oxygens (including phenoxy) is 1. The van der Waals surface area contributed by atoms with E-state index in [1.165, 1.54) is 19.2 Å². The van der Waals surface area contributed by atoms with Gasteiger partial charge in [-0.3, -0.25) is 10.1 Å². The maximum Gasteiger partial charge on any atom is 0.310 e. The van der Waals surface area contributed by atoms with Gasteiger partial charge in [0.2, 0.25) is 0 Å². The first-order valence-corrected chi connectivity index (χ1v) is 3.54. The summed E-state index contributed by atoms with van der Waals surface area (Å²) in [4.78, 5) is 9.98. The standard InChI is InChI=1S/C9H8NO3/c1-3-7-4-5-8(10(11)12)9(6-7)13-2/h4-6H,1H2,2H3. The maximum absolute atomic E-state index is 10.5. The molecule has 1 rings (SSSR count). The van der Waals surface area contributed by atoms with E-state index in [4.69, 9.17) is 4.74 Å². The van der Waals surface area contributed by atoms with Gasteiger partial charge in [-0.05, 0) is 23.8 Å². The van der Waals surface area contributed by atoms with E-state index in [-0.39, 0.29) is 11.4 Å². The molecular weight excluding hydrogens is 170 g/mol. The number of methoxy groups -OCH3 is 1. The molecule has 1 aromatic rings.